The van der Waals surface area contributed by atoms with Gasteiger partial charge in [-0.15, -0.1) is 0 Å². The molecule has 0 bridgehead atoms. The number of aryl methyl sites for hydroxylation is 3. The predicted molar refractivity (Wildman–Crippen MR) is 120 cm³/mol. The number of rotatable bonds is 4. The maximum absolute atomic E-state index is 12.8. The number of hydrogen-bond donors (Lipinski definition) is 5. The number of hydrogen-bond acceptors (Lipinski definition) is 8. The third kappa shape index (κ3) is 3.37. The Balaban J connectivity index is 1.64. The summed E-state index contributed by atoms with van der Waals surface area (Å²) in [6.45, 7) is 5.66. The molecule has 0 saturated carbocycles. The largest absolute Gasteiger partial charge is 0.460 e. The van der Waals surface area contributed by atoms with E-state index in [-0.39, 0.29) is 12.3 Å². The lowest BCUT2D eigenvalue weighted by molar-refractivity contribution is -0.121. The lowest BCUT2D eigenvalue weighted by Gasteiger charge is -2.13. The van der Waals surface area contributed by atoms with Crippen LogP contribution in [0.5, 0.6) is 0 Å². The molecule has 1 aliphatic heterocycles. The van der Waals surface area contributed by atoms with Crippen LogP contribution in [0.2, 0.25) is 0 Å². The van der Waals surface area contributed by atoms with Crippen LogP contribution in [0.1, 0.15) is 22.5 Å². The van der Waals surface area contributed by atoms with Gasteiger partial charge in [0, 0.05) is 21.9 Å². The molecule has 0 aliphatic carbocycles. The summed E-state index contributed by atoms with van der Waals surface area (Å²) in [5.74, 6) is 0.472. The van der Waals surface area contributed by atoms with Crippen molar-refractivity contribution in [1.82, 2.24) is 27.2 Å². The Labute approximate surface area is 183 Å². The van der Waals surface area contributed by atoms with Gasteiger partial charge in [-0.25, -0.2) is 15.6 Å². The third-order valence-electron chi connectivity index (χ3n) is 5.83. The number of furan rings is 1. The van der Waals surface area contributed by atoms with Gasteiger partial charge in [0.2, 0.25) is 5.91 Å². The van der Waals surface area contributed by atoms with Gasteiger partial charge in [0.1, 0.15) is 16.9 Å². The molecule has 0 spiro atoms. The van der Waals surface area contributed by atoms with Crippen LogP contribution in [-0.4, -0.2) is 12.2 Å². The van der Waals surface area contributed by atoms with E-state index in [0.29, 0.717) is 16.7 Å². The standard InChI is InChI=1S/C23H23N5O4/c1-11-15-9-17-19(14-7-5-4-6-8-14)13(3)31-21(17)12(2)20(15)32-22(30)16(11)10-18(29)24-23-25-27-28-26-23/h4-9,23,25-28H,10H2,1-3H3,(H,24,29). The maximum atomic E-state index is 12.8. The minimum absolute atomic E-state index is 0.100. The summed E-state index contributed by atoms with van der Waals surface area (Å²) in [6.07, 6.45) is -0.601. The molecule has 1 fully saturated rings. The summed E-state index contributed by atoms with van der Waals surface area (Å²) in [6, 6.07) is 12.0. The molecule has 5 rings (SSSR count). The second kappa shape index (κ2) is 7.88. The normalized spacial score (nSPS) is 14.5. The highest BCUT2D eigenvalue weighted by atomic mass is 16.4. The van der Waals surface area contributed by atoms with Gasteiger partial charge < -0.3 is 14.2 Å². The van der Waals surface area contributed by atoms with E-state index >= 15 is 0 Å². The number of fused-ring (bicyclic) bond motifs is 2. The van der Waals surface area contributed by atoms with Gasteiger partial charge in [-0.1, -0.05) is 30.3 Å². The van der Waals surface area contributed by atoms with Gasteiger partial charge >= 0.3 is 5.63 Å². The first-order chi connectivity index (χ1) is 15.4. The molecule has 9 heteroatoms. The van der Waals surface area contributed by atoms with Crippen molar-refractivity contribution in [2.24, 2.45) is 0 Å². The predicted octanol–water partition coefficient (Wildman–Crippen LogP) is 2.19. The Morgan fingerprint density at radius 1 is 0.969 bits per heavy atom. The third-order valence-corrected chi connectivity index (χ3v) is 5.83. The number of amides is 1. The molecule has 1 amide bonds. The van der Waals surface area contributed by atoms with Crippen molar-refractivity contribution in [3.8, 4) is 11.1 Å². The molecule has 0 unspecified atom stereocenters. The van der Waals surface area contributed by atoms with E-state index in [9.17, 15) is 9.59 Å². The fraction of sp³-hybridized carbons (Fsp3) is 0.217. The van der Waals surface area contributed by atoms with Crippen LogP contribution in [0.25, 0.3) is 33.1 Å². The van der Waals surface area contributed by atoms with Gasteiger partial charge in [-0.2, -0.15) is 11.1 Å². The highest BCUT2D eigenvalue weighted by Crippen LogP contribution is 2.39. The Hall–Kier alpha value is -3.50. The summed E-state index contributed by atoms with van der Waals surface area (Å²) < 4.78 is 11.8. The molecule has 32 heavy (non-hydrogen) atoms. The second-order valence-corrected chi connectivity index (χ2v) is 7.86. The zero-order valence-electron chi connectivity index (χ0n) is 17.9. The number of nitrogens with one attached hydrogen (secondary N) is 5. The summed E-state index contributed by atoms with van der Waals surface area (Å²) in [5.41, 5.74) is 15.3. The molecular formula is C23H23N5O4. The topological polar surface area (TPSA) is 121 Å². The van der Waals surface area contributed by atoms with Crippen molar-refractivity contribution in [1.29, 1.82) is 0 Å². The van der Waals surface area contributed by atoms with Crippen LogP contribution in [0.15, 0.2) is 50.0 Å². The lowest BCUT2D eigenvalue weighted by atomic mass is 9.96. The van der Waals surface area contributed by atoms with E-state index in [1.165, 1.54) is 0 Å². The summed E-state index contributed by atoms with van der Waals surface area (Å²) in [7, 11) is 0. The first-order valence-electron chi connectivity index (χ1n) is 10.3. The van der Waals surface area contributed by atoms with Crippen molar-refractivity contribution in [3.05, 3.63) is 69.3 Å². The summed E-state index contributed by atoms with van der Waals surface area (Å²) in [5, 5.41) is 4.46. The minimum Gasteiger partial charge on any atom is -0.460 e. The van der Waals surface area contributed by atoms with Crippen molar-refractivity contribution in [2.75, 3.05) is 0 Å². The van der Waals surface area contributed by atoms with E-state index in [0.717, 1.165) is 38.8 Å². The zero-order valence-corrected chi connectivity index (χ0v) is 17.9. The lowest BCUT2D eigenvalue weighted by Crippen LogP contribution is -2.50. The fourth-order valence-corrected chi connectivity index (χ4v) is 4.24. The summed E-state index contributed by atoms with van der Waals surface area (Å²) in [4.78, 5) is 25.3. The Kier molecular flexibility index (Phi) is 5.03. The highest BCUT2D eigenvalue weighted by molar-refractivity contribution is 6.06. The molecule has 1 aliphatic rings. The van der Waals surface area contributed by atoms with E-state index in [2.05, 4.69) is 27.2 Å². The first-order valence-corrected chi connectivity index (χ1v) is 10.3. The quantitative estimate of drug-likeness (QED) is 0.311. The van der Waals surface area contributed by atoms with Crippen molar-refractivity contribution < 1.29 is 13.6 Å². The minimum atomic E-state index is -0.525. The van der Waals surface area contributed by atoms with Gasteiger partial charge in [0.15, 0.2) is 6.29 Å². The molecule has 2 aromatic heterocycles. The molecule has 0 radical (unpaired) electrons. The van der Waals surface area contributed by atoms with Crippen LogP contribution in [0.4, 0.5) is 0 Å². The molecule has 5 N–H and O–H groups in total. The van der Waals surface area contributed by atoms with Gasteiger partial charge in [0.25, 0.3) is 0 Å². The van der Waals surface area contributed by atoms with E-state index in [1.807, 2.05) is 57.2 Å². The van der Waals surface area contributed by atoms with Gasteiger partial charge in [-0.05, 0) is 38.0 Å². The molecule has 1 saturated heterocycles. The SMILES string of the molecule is Cc1oc2c(C)c3oc(=O)c(CC(=O)NC4NNNN4)c(C)c3cc2c1-c1ccccc1. The van der Waals surface area contributed by atoms with Gasteiger partial charge in [-0.3, -0.25) is 4.79 Å². The zero-order chi connectivity index (χ0) is 22.4. The van der Waals surface area contributed by atoms with Crippen LogP contribution in [0.3, 0.4) is 0 Å². The molecule has 9 nitrogen and oxygen atoms in total. The van der Waals surface area contributed by atoms with E-state index < -0.39 is 11.9 Å². The van der Waals surface area contributed by atoms with Crippen LogP contribution in [-0.2, 0) is 11.2 Å². The maximum Gasteiger partial charge on any atom is 0.340 e. The van der Waals surface area contributed by atoms with Crippen molar-refractivity contribution in [3.63, 3.8) is 0 Å². The van der Waals surface area contributed by atoms with Crippen LogP contribution >= 0.6 is 0 Å². The van der Waals surface area contributed by atoms with Crippen molar-refractivity contribution >= 4 is 27.8 Å². The summed E-state index contributed by atoms with van der Waals surface area (Å²) >= 11 is 0. The molecular weight excluding hydrogens is 410 g/mol. The fourth-order valence-electron chi connectivity index (χ4n) is 4.24. The average molecular weight is 433 g/mol. The Morgan fingerprint density at radius 2 is 1.66 bits per heavy atom. The molecule has 0 atom stereocenters. The smallest absolute Gasteiger partial charge is 0.340 e. The molecule has 2 aromatic carbocycles. The van der Waals surface area contributed by atoms with Crippen molar-refractivity contribution in [2.45, 2.75) is 33.5 Å². The van der Waals surface area contributed by atoms with Crippen LogP contribution < -0.4 is 32.9 Å². The Morgan fingerprint density at radius 3 is 2.38 bits per heavy atom. The Bertz CT molecular complexity index is 1400. The van der Waals surface area contributed by atoms with E-state index in [1.54, 1.807) is 0 Å². The first kappa shape index (κ1) is 20.4. The monoisotopic (exact) mass is 433 g/mol. The number of carbonyl (C=O) groups is 1. The molecule has 164 valence electrons. The average Bonchev–Trinajstić information content (AvgIpc) is 3.40. The number of carbonyl (C=O) groups excluding carboxylic acids is 1. The molecule has 4 aromatic rings. The highest BCUT2D eigenvalue weighted by Gasteiger charge is 2.23. The van der Waals surface area contributed by atoms with Crippen LogP contribution in [0, 0.1) is 20.8 Å². The molecule has 3 heterocycles. The number of benzene rings is 2. The second-order valence-electron chi connectivity index (χ2n) is 7.86. The van der Waals surface area contributed by atoms with Gasteiger partial charge in [0.05, 0.1) is 12.0 Å². The number of hydrazine groups is 3. The van der Waals surface area contributed by atoms with E-state index in [4.69, 9.17) is 8.83 Å².